The van der Waals surface area contributed by atoms with E-state index in [2.05, 4.69) is 0 Å². The first-order valence-corrected chi connectivity index (χ1v) is 7.21. The number of amides is 1. The molecule has 98 valence electrons. The molecule has 0 aromatic heterocycles. The zero-order valence-corrected chi connectivity index (χ0v) is 12.1. The van der Waals surface area contributed by atoms with Gasteiger partial charge in [0.15, 0.2) is 0 Å². The Kier molecular flexibility index (Phi) is 4.77. The molecule has 18 heavy (non-hydrogen) atoms. The van der Waals surface area contributed by atoms with Gasteiger partial charge in [-0.3, -0.25) is 4.79 Å². The number of likely N-dealkylation sites (tertiary alicyclic amines) is 1. The van der Waals surface area contributed by atoms with Gasteiger partial charge >= 0.3 is 0 Å². The second kappa shape index (κ2) is 6.14. The van der Waals surface area contributed by atoms with Crippen molar-refractivity contribution < 1.29 is 4.79 Å². The minimum absolute atomic E-state index is 0.0809. The highest BCUT2D eigenvalue weighted by Crippen LogP contribution is 2.28. The molecule has 1 aromatic rings. The maximum atomic E-state index is 12.4. The molecule has 2 rings (SSSR count). The van der Waals surface area contributed by atoms with Crippen molar-refractivity contribution in [1.29, 1.82) is 0 Å². The maximum Gasteiger partial charge on any atom is 0.256 e. The minimum Gasteiger partial charge on any atom is -0.338 e. The Labute approximate surface area is 122 Å². The van der Waals surface area contributed by atoms with Crippen molar-refractivity contribution >= 4 is 40.7 Å². The molecule has 0 bridgehead atoms. The second-order valence-corrected chi connectivity index (χ2v) is 5.67. The molecule has 0 radical (unpaired) electrons. The van der Waals surface area contributed by atoms with Gasteiger partial charge in [-0.1, -0.05) is 29.3 Å². The second-order valence-electron chi connectivity index (χ2n) is 4.48. The van der Waals surface area contributed by atoms with Crippen LogP contribution < -0.4 is 0 Å². The highest BCUT2D eigenvalue weighted by Gasteiger charge is 2.28. The number of rotatable bonds is 3. The van der Waals surface area contributed by atoms with Gasteiger partial charge in [0, 0.05) is 19.0 Å². The van der Waals surface area contributed by atoms with Gasteiger partial charge < -0.3 is 4.90 Å². The molecule has 1 amide bonds. The SMILES string of the molecule is O=C(c1c(Cl)cccc1Cl)N1CCC(CCCl)C1. The first-order chi connectivity index (χ1) is 8.63. The number of alkyl halides is 1. The van der Waals surface area contributed by atoms with Crippen LogP contribution in [0.3, 0.4) is 0 Å². The molecule has 0 spiro atoms. The lowest BCUT2D eigenvalue weighted by Crippen LogP contribution is -2.29. The van der Waals surface area contributed by atoms with Crippen molar-refractivity contribution in [3.8, 4) is 0 Å². The van der Waals surface area contributed by atoms with Crippen molar-refractivity contribution in [3.05, 3.63) is 33.8 Å². The first-order valence-electron chi connectivity index (χ1n) is 5.92. The highest BCUT2D eigenvalue weighted by atomic mass is 35.5. The molecule has 0 aliphatic carbocycles. The normalized spacial score (nSPS) is 19.3. The van der Waals surface area contributed by atoms with Gasteiger partial charge in [-0.05, 0) is 30.9 Å². The van der Waals surface area contributed by atoms with Gasteiger partial charge in [0.05, 0.1) is 15.6 Å². The topological polar surface area (TPSA) is 20.3 Å². The van der Waals surface area contributed by atoms with Crippen LogP contribution in [0.4, 0.5) is 0 Å². The fourth-order valence-corrected chi connectivity index (χ4v) is 3.14. The van der Waals surface area contributed by atoms with E-state index in [4.69, 9.17) is 34.8 Å². The molecule has 0 N–H and O–H groups in total. The smallest absolute Gasteiger partial charge is 0.256 e. The fraction of sp³-hybridized carbons (Fsp3) is 0.462. The van der Waals surface area contributed by atoms with E-state index in [1.54, 1.807) is 18.2 Å². The molecule has 1 aromatic carbocycles. The quantitative estimate of drug-likeness (QED) is 0.770. The number of benzene rings is 1. The molecular weight excluding hydrogens is 293 g/mol. The summed E-state index contributed by atoms with van der Waals surface area (Å²) in [5.74, 6) is 1.05. The summed E-state index contributed by atoms with van der Waals surface area (Å²) in [6, 6.07) is 5.11. The van der Waals surface area contributed by atoms with Crippen molar-refractivity contribution in [2.45, 2.75) is 12.8 Å². The number of hydrogen-bond donors (Lipinski definition) is 0. The van der Waals surface area contributed by atoms with E-state index in [-0.39, 0.29) is 5.91 Å². The summed E-state index contributed by atoms with van der Waals surface area (Å²) >= 11 is 17.8. The van der Waals surface area contributed by atoms with E-state index >= 15 is 0 Å². The van der Waals surface area contributed by atoms with Crippen LogP contribution in [0, 0.1) is 5.92 Å². The van der Waals surface area contributed by atoms with Crippen LogP contribution >= 0.6 is 34.8 Å². The summed E-state index contributed by atoms with van der Waals surface area (Å²) in [6.07, 6.45) is 1.95. The average molecular weight is 307 g/mol. The number of halogens is 3. The largest absolute Gasteiger partial charge is 0.338 e. The average Bonchev–Trinajstić information content (AvgIpc) is 2.78. The van der Waals surface area contributed by atoms with E-state index in [1.807, 2.05) is 4.90 Å². The monoisotopic (exact) mass is 305 g/mol. The molecule has 1 heterocycles. The zero-order chi connectivity index (χ0) is 13.1. The van der Waals surface area contributed by atoms with Gasteiger partial charge in [0.25, 0.3) is 5.91 Å². The predicted octanol–water partition coefficient (Wildman–Crippen LogP) is 4.08. The lowest BCUT2D eigenvalue weighted by Gasteiger charge is -2.18. The Morgan fingerprint density at radius 2 is 2.00 bits per heavy atom. The first kappa shape index (κ1) is 14.0. The Bertz CT molecular complexity index is 430. The van der Waals surface area contributed by atoms with Crippen LogP contribution in [0.5, 0.6) is 0 Å². The van der Waals surface area contributed by atoms with Crippen LogP contribution in [-0.2, 0) is 0 Å². The summed E-state index contributed by atoms with van der Waals surface area (Å²) in [6.45, 7) is 1.50. The summed E-state index contributed by atoms with van der Waals surface area (Å²) in [7, 11) is 0. The molecule has 5 heteroatoms. The van der Waals surface area contributed by atoms with Gasteiger partial charge in [-0.25, -0.2) is 0 Å². The van der Waals surface area contributed by atoms with E-state index < -0.39 is 0 Å². The molecule has 1 saturated heterocycles. The van der Waals surface area contributed by atoms with Crippen LogP contribution in [0.25, 0.3) is 0 Å². The van der Waals surface area contributed by atoms with Crippen molar-refractivity contribution in [2.75, 3.05) is 19.0 Å². The molecular formula is C13H14Cl3NO. The van der Waals surface area contributed by atoms with E-state index in [0.29, 0.717) is 27.4 Å². The van der Waals surface area contributed by atoms with Crippen molar-refractivity contribution in [3.63, 3.8) is 0 Å². The summed E-state index contributed by atoms with van der Waals surface area (Å²) in [4.78, 5) is 14.2. The third kappa shape index (κ3) is 2.93. The molecule has 1 fully saturated rings. The summed E-state index contributed by atoms with van der Waals surface area (Å²) in [5, 5.41) is 0.821. The summed E-state index contributed by atoms with van der Waals surface area (Å²) in [5.41, 5.74) is 0.410. The number of carbonyl (C=O) groups excluding carboxylic acids is 1. The highest BCUT2D eigenvalue weighted by molar-refractivity contribution is 6.39. The Morgan fingerprint density at radius 3 is 2.61 bits per heavy atom. The molecule has 1 aliphatic rings. The maximum absolute atomic E-state index is 12.4. The lowest BCUT2D eigenvalue weighted by atomic mass is 10.1. The Balaban J connectivity index is 2.13. The minimum atomic E-state index is -0.0809. The van der Waals surface area contributed by atoms with Crippen molar-refractivity contribution in [2.24, 2.45) is 5.92 Å². The van der Waals surface area contributed by atoms with Crippen LogP contribution in [0.15, 0.2) is 18.2 Å². The van der Waals surface area contributed by atoms with Crippen molar-refractivity contribution in [1.82, 2.24) is 4.90 Å². The van der Waals surface area contributed by atoms with E-state index in [1.165, 1.54) is 0 Å². The van der Waals surface area contributed by atoms with Gasteiger partial charge in [-0.2, -0.15) is 0 Å². The standard InChI is InChI=1S/C13H14Cl3NO/c14-6-4-9-5-7-17(8-9)13(18)12-10(15)2-1-3-11(12)16/h1-3,9H,4-8H2. The molecule has 1 aliphatic heterocycles. The third-order valence-electron chi connectivity index (χ3n) is 3.27. The fourth-order valence-electron chi connectivity index (χ4n) is 2.27. The summed E-state index contributed by atoms with van der Waals surface area (Å²) < 4.78 is 0. The van der Waals surface area contributed by atoms with Gasteiger partial charge in [-0.15, -0.1) is 11.6 Å². The number of carbonyl (C=O) groups is 1. The predicted molar refractivity (Wildman–Crippen MR) is 75.8 cm³/mol. The molecule has 1 atom stereocenters. The molecule has 0 saturated carbocycles. The van der Waals surface area contributed by atoms with E-state index in [0.717, 1.165) is 25.9 Å². The van der Waals surface area contributed by atoms with Crippen LogP contribution in [0.2, 0.25) is 10.0 Å². The Morgan fingerprint density at radius 1 is 1.33 bits per heavy atom. The number of hydrogen-bond acceptors (Lipinski definition) is 1. The molecule has 1 unspecified atom stereocenters. The van der Waals surface area contributed by atoms with Gasteiger partial charge in [0.1, 0.15) is 0 Å². The Hall–Kier alpha value is -0.440. The van der Waals surface area contributed by atoms with Crippen LogP contribution in [-0.4, -0.2) is 29.8 Å². The lowest BCUT2D eigenvalue weighted by molar-refractivity contribution is 0.0787. The zero-order valence-electron chi connectivity index (χ0n) is 9.83. The van der Waals surface area contributed by atoms with Crippen LogP contribution in [0.1, 0.15) is 23.2 Å². The van der Waals surface area contributed by atoms with E-state index in [9.17, 15) is 4.79 Å². The van der Waals surface area contributed by atoms with Gasteiger partial charge in [0.2, 0.25) is 0 Å². The number of nitrogens with zero attached hydrogens (tertiary/aromatic N) is 1. The molecule has 2 nitrogen and oxygen atoms in total. The third-order valence-corrected chi connectivity index (χ3v) is 4.12.